The highest BCUT2D eigenvalue weighted by atomic mass is 15.1. The van der Waals surface area contributed by atoms with E-state index >= 15 is 0 Å². The normalized spacial score (nSPS) is 16.0. The first-order valence-corrected chi connectivity index (χ1v) is 7.98. The molecule has 3 rings (SSSR count). The Morgan fingerprint density at radius 2 is 1.71 bits per heavy atom. The summed E-state index contributed by atoms with van der Waals surface area (Å²) >= 11 is 0. The van der Waals surface area contributed by atoms with Gasteiger partial charge in [0.2, 0.25) is 0 Å². The molecule has 0 saturated carbocycles. The van der Waals surface area contributed by atoms with Gasteiger partial charge in [-0.05, 0) is 55.7 Å². The van der Waals surface area contributed by atoms with Crippen molar-refractivity contribution in [1.82, 2.24) is 0 Å². The molecule has 1 atom stereocenters. The summed E-state index contributed by atoms with van der Waals surface area (Å²) in [7, 11) is 0. The second-order valence-corrected chi connectivity index (χ2v) is 5.70. The van der Waals surface area contributed by atoms with Crippen molar-refractivity contribution in [1.29, 1.82) is 0 Å². The van der Waals surface area contributed by atoms with Crippen LogP contribution in [0.4, 0.5) is 11.4 Å². The Kier molecular flexibility index (Phi) is 4.14. The zero-order chi connectivity index (χ0) is 14.7. The van der Waals surface area contributed by atoms with Gasteiger partial charge in [-0.3, -0.25) is 0 Å². The lowest BCUT2D eigenvalue weighted by Crippen LogP contribution is -2.24. The summed E-state index contributed by atoms with van der Waals surface area (Å²) in [5, 5.41) is 3.57. The highest BCUT2D eigenvalue weighted by Gasteiger charge is 2.24. The fourth-order valence-corrected chi connectivity index (χ4v) is 3.16. The Morgan fingerprint density at radius 3 is 2.38 bits per heavy atom. The quantitative estimate of drug-likeness (QED) is 0.849. The zero-order valence-electron chi connectivity index (χ0n) is 13.0. The molecule has 0 aliphatic heterocycles. The number of nitrogens with zero attached hydrogens (tertiary/aromatic N) is 1. The molecule has 1 aliphatic carbocycles. The van der Waals surface area contributed by atoms with E-state index in [2.05, 4.69) is 72.6 Å². The number of nitrogens with one attached hydrogen (secondary N) is 1. The van der Waals surface area contributed by atoms with E-state index in [4.69, 9.17) is 0 Å². The minimum absolute atomic E-state index is 0.670. The lowest BCUT2D eigenvalue weighted by Gasteiger charge is -2.30. The predicted octanol–water partition coefficient (Wildman–Crippen LogP) is 4.28. The minimum Gasteiger partial charge on any atom is -0.384 e. The van der Waals surface area contributed by atoms with Crippen molar-refractivity contribution in [2.45, 2.75) is 26.2 Å². The SMILES string of the molecule is CCN(CC)c1ccc(NCC2Cc3ccccc32)cc1. The second-order valence-electron chi connectivity index (χ2n) is 5.70. The first kappa shape index (κ1) is 14.0. The first-order chi connectivity index (χ1) is 10.3. The summed E-state index contributed by atoms with van der Waals surface area (Å²) in [5.41, 5.74) is 5.56. The van der Waals surface area contributed by atoms with Crippen molar-refractivity contribution in [2.24, 2.45) is 0 Å². The summed E-state index contributed by atoms with van der Waals surface area (Å²) in [6.07, 6.45) is 1.21. The average molecular weight is 280 g/mol. The second kappa shape index (κ2) is 6.21. The van der Waals surface area contributed by atoms with Crippen molar-refractivity contribution in [3.05, 3.63) is 59.7 Å². The lowest BCUT2D eigenvalue weighted by molar-refractivity contribution is 0.636. The van der Waals surface area contributed by atoms with Gasteiger partial charge >= 0.3 is 0 Å². The Bertz CT molecular complexity index is 585. The Labute approximate surface area is 127 Å². The standard InChI is InChI=1S/C19H24N2/c1-3-21(4-2)18-11-9-17(10-12-18)20-14-16-13-15-7-5-6-8-19(15)16/h5-12,16,20H,3-4,13-14H2,1-2H3. The van der Waals surface area contributed by atoms with Crippen LogP contribution in [0.15, 0.2) is 48.5 Å². The topological polar surface area (TPSA) is 15.3 Å². The van der Waals surface area contributed by atoms with E-state index in [-0.39, 0.29) is 0 Å². The molecule has 0 aromatic heterocycles. The number of benzene rings is 2. The van der Waals surface area contributed by atoms with Crippen LogP contribution < -0.4 is 10.2 Å². The molecule has 0 bridgehead atoms. The molecule has 1 unspecified atom stereocenters. The van der Waals surface area contributed by atoms with Gasteiger partial charge < -0.3 is 10.2 Å². The van der Waals surface area contributed by atoms with Crippen LogP contribution in [0.5, 0.6) is 0 Å². The van der Waals surface area contributed by atoms with E-state index in [1.807, 2.05) is 0 Å². The summed E-state index contributed by atoms with van der Waals surface area (Å²) in [4.78, 5) is 2.37. The molecule has 0 radical (unpaired) electrons. The molecule has 110 valence electrons. The lowest BCUT2D eigenvalue weighted by atomic mass is 9.77. The molecular weight excluding hydrogens is 256 g/mol. The van der Waals surface area contributed by atoms with Gasteiger partial charge in [0.25, 0.3) is 0 Å². The third kappa shape index (κ3) is 2.90. The van der Waals surface area contributed by atoms with Crippen LogP contribution in [0, 0.1) is 0 Å². The van der Waals surface area contributed by atoms with Crippen LogP contribution in [-0.4, -0.2) is 19.6 Å². The van der Waals surface area contributed by atoms with Crippen molar-refractivity contribution in [3.63, 3.8) is 0 Å². The summed E-state index contributed by atoms with van der Waals surface area (Å²) in [6, 6.07) is 17.6. The third-order valence-electron chi connectivity index (χ3n) is 4.51. The van der Waals surface area contributed by atoms with E-state index < -0.39 is 0 Å². The monoisotopic (exact) mass is 280 g/mol. The molecular formula is C19H24N2. The predicted molar refractivity (Wildman–Crippen MR) is 91.4 cm³/mol. The highest BCUT2D eigenvalue weighted by Crippen LogP contribution is 2.34. The maximum atomic E-state index is 3.57. The minimum atomic E-state index is 0.670. The molecule has 0 saturated heterocycles. The van der Waals surface area contributed by atoms with E-state index in [0.717, 1.165) is 19.6 Å². The van der Waals surface area contributed by atoms with Gasteiger partial charge in [0.15, 0.2) is 0 Å². The Balaban J connectivity index is 1.57. The third-order valence-corrected chi connectivity index (χ3v) is 4.51. The van der Waals surface area contributed by atoms with Crippen LogP contribution in [0.3, 0.4) is 0 Å². The van der Waals surface area contributed by atoms with Crippen molar-refractivity contribution >= 4 is 11.4 Å². The summed E-state index contributed by atoms with van der Waals surface area (Å²) < 4.78 is 0. The molecule has 0 spiro atoms. The first-order valence-electron chi connectivity index (χ1n) is 7.98. The Morgan fingerprint density at radius 1 is 1.00 bits per heavy atom. The average Bonchev–Trinajstić information content (AvgIpc) is 2.51. The van der Waals surface area contributed by atoms with Crippen LogP contribution in [-0.2, 0) is 6.42 Å². The molecule has 0 fully saturated rings. The van der Waals surface area contributed by atoms with Crippen molar-refractivity contribution in [3.8, 4) is 0 Å². The highest BCUT2D eigenvalue weighted by molar-refractivity contribution is 5.55. The van der Waals surface area contributed by atoms with Gasteiger partial charge in [0.05, 0.1) is 0 Å². The summed E-state index contributed by atoms with van der Waals surface area (Å²) in [5.74, 6) is 0.670. The fourth-order valence-electron chi connectivity index (χ4n) is 3.16. The smallest absolute Gasteiger partial charge is 0.0367 e. The molecule has 0 heterocycles. The van der Waals surface area contributed by atoms with Crippen molar-refractivity contribution < 1.29 is 0 Å². The van der Waals surface area contributed by atoms with Gasteiger partial charge in [-0.25, -0.2) is 0 Å². The van der Waals surface area contributed by atoms with Gasteiger partial charge in [-0.15, -0.1) is 0 Å². The zero-order valence-corrected chi connectivity index (χ0v) is 13.0. The van der Waals surface area contributed by atoms with Gasteiger partial charge in [0, 0.05) is 36.9 Å². The van der Waals surface area contributed by atoms with E-state index in [0.29, 0.717) is 5.92 Å². The van der Waals surface area contributed by atoms with Crippen LogP contribution in [0.2, 0.25) is 0 Å². The van der Waals surface area contributed by atoms with E-state index in [1.165, 1.54) is 28.9 Å². The largest absolute Gasteiger partial charge is 0.384 e. The molecule has 0 amide bonds. The van der Waals surface area contributed by atoms with Crippen LogP contribution in [0.25, 0.3) is 0 Å². The molecule has 1 aliphatic rings. The Hall–Kier alpha value is -1.96. The number of anilines is 2. The molecule has 2 aromatic carbocycles. The maximum Gasteiger partial charge on any atom is 0.0367 e. The molecule has 2 aromatic rings. The molecule has 2 nitrogen and oxygen atoms in total. The number of fused-ring (bicyclic) bond motifs is 1. The van der Waals surface area contributed by atoms with Gasteiger partial charge in [-0.1, -0.05) is 24.3 Å². The van der Waals surface area contributed by atoms with E-state index in [1.54, 1.807) is 0 Å². The molecule has 2 heteroatoms. The van der Waals surface area contributed by atoms with Crippen LogP contribution in [0.1, 0.15) is 30.9 Å². The van der Waals surface area contributed by atoms with Crippen LogP contribution >= 0.6 is 0 Å². The molecule has 1 N–H and O–H groups in total. The van der Waals surface area contributed by atoms with E-state index in [9.17, 15) is 0 Å². The maximum absolute atomic E-state index is 3.57. The number of hydrogen-bond donors (Lipinski definition) is 1. The number of rotatable bonds is 6. The summed E-state index contributed by atoms with van der Waals surface area (Å²) in [6.45, 7) is 7.54. The van der Waals surface area contributed by atoms with Gasteiger partial charge in [0.1, 0.15) is 0 Å². The number of hydrogen-bond acceptors (Lipinski definition) is 2. The van der Waals surface area contributed by atoms with Gasteiger partial charge in [-0.2, -0.15) is 0 Å². The fraction of sp³-hybridized carbons (Fsp3) is 0.368. The van der Waals surface area contributed by atoms with Crippen molar-refractivity contribution in [2.75, 3.05) is 29.9 Å². The molecule has 21 heavy (non-hydrogen) atoms.